The lowest BCUT2D eigenvalue weighted by atomic mass is 10.2. The number of benzene rings is 2. The number of halogens is 2. The maximum Gasteiger partial charge on any atom is 0.159 e. The first-order chi connectivity index (χ1) is 10.2. The van der Waals surface area contributed by atoms with Crippen molar-refractivity contribution in [2.45, 2.75) is 5.60 Å². The van der Waals surface area contributed by atoms with Crippen LogP contribution in [0.5, 0.6) is 11.5 Å². The Balaban J connectivity index is 1.50. The molecule has 1 heterocycles. The van der Waals surface area contributed by atoms with Crippen LogP contribution < -0.4 is 9.47 Å². The molecule has 0 atom stereocenters. The van der Waals surface area contributed by atoms with Crippen molar-refractivity contribution in [1.29, 1.82) is 0 Å². The highest BCUT2D eigenvalue weighted by atomic mass is 19.1. The topological polar surface area (TPSA) is 31.0 Å². The molecule has 21 heavy (non-hydrogen) atoms. The Kier molecular flexibility index (Phi) is 3.75. The number of epoxide rings is 1. The van der Waals surface area contributed by atoms with Crippen LogP contribution in [-0.2, 0) is 4.74 Å². The molecule has 0 aliphatic carbocycles. The monoisotopic (exact) mass is 292 g/mol. The summed E-state index contributed by atoms with van der Waals surface area (Å²) >= 11 is 0. The molecule has 3 nitrogen and oxygen atoms in total. The van der Waals surface area contributed by atoms with Gasteiger partial charge in [0.25, 0.3) is 0 Å². The summed E-state index contributed by atoms with van der Waals surface area (Å²) in [4.78, 5) is 0. The summed E-state index contributed by atoms with van der Waals surface area (Å²) in [5, 5.41) is 0. The van der Waals surface area contributed by atoms with Gasteiger partial charge in [0.15, 0.2) is 5.60 Å². The van der Waals surface area contributed by atoms with Crippen molar-refractivity contribution in [1.82, 2.24) is 0 Å². The first-order valence-electron chi connectivity index (χ1n) is 6.56. The lowest BCUT2D eigenvalue weighted by Gasteiger charge is -2.14. The van der Waals surface area contributed by atoms with Gasteiger partial charge < -0.3 is 14.2 Å². The minimum Gasteiger partial charge on any atom is -0.490 e. The highest BCUT2D eigenvalue weighted by Crippen LogP contribution is 2.29. The molecule has 0 amide bonds. The standard InChI is InChI=1S/C16H14F2O3/c17-12-1-5-14(6-2-12)19-9-16(11-21-16)10-20-15-7-3-13(18)4-8-15/h1-8H,9-11H2. The largest absolute Gasteiger partial charge is 0.490 e. The van der Waals surface area contributed by atoms with Crippen LogP contribution in [-0.4, -0.2) is 25.4 Å². The third-order valence-electron chi connectivity index (χ3n) is 3.18. The van der Waals surface area contributed by atoms with E-state index in [0.29, 0.717) is 31.3 Å². The number of ether oxygens (including phenoxy) is 3. The molecule has 2 aromatic carbocycles. The zero-order valence-electron chi connectivity index (χ0n) is 11.2. The number of hydrogen-bond acceptors (Lipinski definition) is 3. The second-order valence-electron chi connectivity index (χ2n) is 4.96. The molecule has 1 saturated heterocycles. The van der Waals surface area contributed by atoms with Gasteiger partial charge in [-0.05, 0) is 48.5 Å². The Bertz CT molecular complexity index is 540. The summed E-state index contributed by atoms with van der Waals surface area (Å²) in [6.45, 7) is 1.18. The Morgan fingerprint density at radius 2 is 1.19 bits per heavy atom. The van der Waals surface area contributed by atoms with Gasteiger partial charge in [0.2, 0.25) is 0 Å². The summed E-state index contributed by atoms with van der Waals surface area (Å²) < 4.78 is 42.1. The van der Waals surface area contributed by atoms with Crippen LogP contribution in [0.1, 0.15) is 0 Å². The fraction of sp³-hybridized carbons (Fsp3) is 0.250. The minimum absolute atomic E-state index is 0.306. The van der Waals surface area contributed by atoms with E-state index >= 15 is 0 Å². The van der Waals surface area contributed by atoms with Gasteiger partial charge in [0.1, 0.15) is 36.3 Å². The van der Waals surface area contributed by atoms with Crippen molar-refractivity contribution < 1.29 is 23.0 Å². The van der Waals surface area contributed by atoms with Gasteiger partial charge in [-0.1, -0.05) is 0 Å². The van der Waals surface area contributed by atoms with Crippen molar-refractivity contribution in [3.8, 4) is 11.5 Å². The fourth-order valence-electron chi connectivity index (χ4n) is 1.80. The van der Waals surface area contributed by atoms with Crippen LogP contribution in [0.2, 0.25) is 0 Å². The third kappa shape index (κ3) is 3.70. The van der Waals surface area contributed by atoms with E-state index in [-0.39, 0.29) is 11.6 Å². The van der Waals surface area contributed by atoms with Crippen molar-refractivity contribution in [2.24, 2.45) is 0 Å². The van der Waals surface area contributed by atoms with E-state index in [2.05, 4.69) is 0 Å². The van der Waals surface area contributed by atoms with Crippen molar-refractivity contribution >= 4 is 0 Å². The summed E-state index contributed by atoms with van der Waals surface area (Å²) in [6, 6.07) is 11.6. The van der Waals surface area contributed by atoms with Crippen LogP contribution in [0.15, 0.2) is 48.5 Å². The molecule has 0 saturated carbocycles. The van der Waals surface area contributed by atoms with Gasteiger partial charge in [0, 0.05) is 0 Å². The first kappa shape index (κ1) is 13.8. The van der Waals surface area contributed by atoms with Gasteiger partial charge in [-0.25, -0.2) is 8.78 Å². The van der Waals surface area contributed by atoms with E-state index in [0.717, 1.165) is 0 Å². The van der Waals surface area contributed by atoms with Crippen LogP contribution >= 0.6 is 0 Å². The molecule has 2 aromatic rings. The Morgan fingerprint density at radius 3 is 1.52 bits per heavy atom. The van der Waals surface area contributed by atoms with Gasteiger partial charge in [-0.2, -0.15) is 0 Å². The smallest absolute Gasteiger partial charge is 0.159 e. The Hall–Kier alpha value is -2.14. The number of hydrogen-bond donors (Lipinski definition) is 0. The molecule has 3 rings (SSSR count). The molecule has 110 valence electrons. The van der Waals surface area contributed by atoms with E-state index in [1.807, 2.05) is 0 Å². The van der Waals surface area contributed by atoms with Gasteiger partial charge in [0.05, 0.1) is 6.61 Å². The van der Waals surface area contributed by atoms with Gasteiger partial charge >= 0.3 is 0 Å². The minimum atomic E-state index is -0.483. The van der Waals surface area contributed by atoms with Crippen LogP contribution in [0.3, 0.4) is 0 Å². The lowest BCUT2D eigenvalue weighted by Crippen LogP contribution is -2.29. The SMILES string of the molecule is Fc1ccc(OCC2(COc3ccc(F)cc3)CO2)cc1. The number of rotatable bonds is 6. The second-order valence-corrected chi connectivity index (χ2v) is 4.96. The third-order valence-corrected chi connectivity index (χ3v) is 3.18. The van der Waals surface area contributed by atoms with Crippen LogP contribution in [0.25, 0.3) is 0 Å². The molecule has 5 heteroatoms. The maximum atomic E-state index is 12.8. The van der Waals surface area contributed by atoms with Gasteiger partial charge in [-0.15, -0.1) is 0 Å². The molecule has 0 bridgehead atoms. The van der Waals surface area contributed by atoms with E-state index in [9.17, 15) is 8.78 Å². The Morgan fingerprint density at radius 1 is 0.810 bits per heavy atom. The molecule has 0 N–H and O–H groups in total. The Labute approximate surface area is 121 Å². The molecule has 0 radical (unpaired) electrons. The molecule has 0 aromatic heterocycles. The summed E-state index contributed by atoms with van der Waals surface area (Å²) in [6.07, 6.45) is 0. The van der Waals surface area contributed by atoms with Gasteiger partial charge in [-0.3, -0.25) is 0 Å². The summed E-state index contributed by atoms with van der Waals surface area (Å²) in [5.41, 5.74) is -0.483. The van der Waals surface area contributed by atoms with E-state index < -0.39 is 5.60 Å². The van der Waals surface area contributed by atoms with Crippen molar-refractivity contribution in [2.75, 3.05) is 19.8 Å². The van der Waals surface area contributed by atoms with Crippen LogP contribution in [0, 0.1) is 11.6 Å². The lowest BCUT2D eigenvalue weighted by molar-refractivity contribution is 0.130. The second kappa shape index (κ2) is 5.69. The zero-order valence-corrected chi connectivity index (χ0v) is 11.2. The molecule has 0 unspecified atom stereocenters. The average molecular weight is 292 g/mol. The normalized spacial score (nSPS) is 15.5. The molecular weight excluding hydrogens is 278 g/mol. The predicted octanol–water partition coefficient (Wildman–Crippen LogP) is 3.19. The molecular formula is C16H14F2O3. The molecule has 1 fully saturated rings. The van der Waals surface area contributed by atoms with E-state index in [1.165, 1.54) is 24.3 Å². The van der Waals surface area contributed by atoms with Crippen molar-refractivity contribution in [3.63, 3.8) is 0 Å². The van der Waals surface area contributed by atoms with E-state index in [1.54, 1.807) is 24.3 Å². The summed E-state index contributed by atoms with van der Waals surface area (Å²) in [5.74, 6) is 0.542. The average Bonchev–Trinajstić information content (AvgIpc) is 3.27. The first-order valence-corrected chi connectivity index (χ1v) is 6.56. The quantitative estimate of drug-likeness (QED) is 0.766. The highest BCUT2D eigenvalue weighted by molar-refractivity contribution is 5.23. The van der Waals surface area contributed by atoms with Crippen molar-refractivity contribution in [3.05, 3.63) is 60.2 Å². The summed E-state index contributed by atoms with van der Waals surface area (Å²) in [7, 11) is 0. The fourth-order valence-corrected chi connectivity index (χ4v) is 1.80. The molecule has 0 spiro atoms. The van der Waals surface area contributed by atoms with Crippen LogP contribution in [0.4, 0.5) is 8.78 Å². The van der Waals surface area contributed by atoms with E-state index in [4.69, 9.17) is 14.2 Å². The maximum absolute atomic E-state index is 12.8. The predicted molar refractivity (Wildman–Crippen MR) is 72.5 cm³/mol. The zero-order chi connectivity index (χ0) is 14.7. The highest BCUT2D eigenvalue weighted by Gasteiger charge is 2.47. The molecule has 1 aliphatic rings. The molecule has 1 aliphatic heterocycles.